The molecule has 2 fully saturated rings. The van der Waals surface area contributed by atoms with Gasteiger partial charge in [0.1, 0.15) is 6.61 Å². The number of amides is 1. The molecule has 2 saturated heterocycles. The molecule has 3 rings (SSSR count). The van der Waals surface area contributed by atoms with Gasteiger partial charge in [0.2, 0.25) is 5.91 Å². The fourth-order valence-electron chi connectivity index (χ4n) is 3.92. The highest BCUT2D eigenvalue weighted by Crippen LogP contribution is 2.32. The van der Waals surface area contributed by atoms with E-state index in [1.165, 1.54) is 19.2 Å². The molecule has 2 aliphatic heterocycles. The molecule has 150 valence electrons. The van der Waals surface area contributed by atoms with Crippen LogP contribution in [0.15, 0.2) is 24.3 Å². The molecule has 2 aliphatic rings. The number of anilines is 1. The quantitative estimate of drug-likeness (QED) is 0.798. The van der Waals surface area contributed by atoms with Crippen molar-refractivity contribution in [2.75, 3.05) is 57.9 Å². The normalized spacial score (nSPS) is 22.1. The van der Waals surface area contributed by atoms with E-state index >= 15 is 0 Å². The Labute approximate surface area is 157 Å². The van der Waals surface area contributed by atoms with Crippen LogP contribution < -0.4 is 4.90 Å². The van der Waals surface area contributed by atoms with Gasteiger partial charge >= 0.3 is 6.18 Å². The van der Waals surface area contributed by atoms with Gasteiger partial charge in [0.05, 0.1) is 5.56 Å². The summed E-state index contributed by atoms with van der Waals surface area (Å²) in [6.45, 7) is 4.51. The Kier molecular flexibility index (Phi) is 6.26. The van der Waals surface area contributed by atoms with Gasteiger partial charge in [-0.2, -0.15) is 13.2 Å². The second-order valence-electron chi connectivity index (χ2n) is 7.14. The van der Waals surface area contributed by atoms with Crippen LogP contribution >= 0.6 is 0 Å². The second kappa shape index (κ2) is 8.48. The van der Waals surface area contributed by atoms with E-state index in [1.807, 2.05) is 9.80 Å². The molecular weight excluding hydrogens is 359 g/mol. The molecule has 8 heteroatoms. The molecule has 2 heterocycles. The number of halogens is 3. The molecule has 0 N–H and O–H groups in total. The van der Waals surface area contributed by atoms with Crippen LogP contribution in [-0.4, -0.2) is 74.7 Å². The molecule has 0 aliphatic carbocycles. The minimum absolute atomic E-state index is 0.0183. The maximum absolute atomic E-state index is 12.9. The Morgan fingerprint density at radius 3 is 2.59 bits per heavy atom. The first-order chi connectivity index (χ1) is 12.9. The van der Waals surface area contributed by atoms with Crippen molar-refractivity contribution in [1.29, 1.82) is 0 Å². The number of rotatable bonds is 4. The largest absolute Gasteiger partial charge is 0.416 e. The van der Waals surface area contributed by atoms with Crippen molar-refractivity contribution in [3.8, 4) is 0 Å². The summed E-state index contributed by atoms with van der Waals surface area (Å²) in [6, 6.07) is 5.83. The van der Waals surface area contributed by atoms with Crippen LogP contribution in [0.5, 0.6) is 0 Å². The van der Waals surface area contributed by atoms with Crippen LogP contribution in [0.3, 0.4) is 0 Å². The van der Waals surface area contributed by atoms with Crippen LogP contribution in [0, 0.1) is 0 Å². The number of piperidine rings is 1. The summed E-state index contributed by atoms with van der Waals surface area (Å²) in [6.07, 6.45) is -2.31. The first-order valence-electron chi connectivity index (χ1n) is 9.31. The Hall–Kier alpha value is -1.80. The Bertz CT molecular complexity index is 645. The third kappa shape index (κ3) is 4.93. The van der Waals surface area contributed by atoms with Gasteiger partial charge in [-0.25, -0.2) is 0 Å². The zero-order valence-corrected chi connectivity index (χ0v) is 15.5. The second-order valence-corrected chi connectivity index (χ2v) is 7.14. The minimum Gasteiger partial charge on any atom is -0.375 e. The maximum Gasteiger partial charge on any atom is 0.416 e. The first-order valence-corrected chi connectivity index (χ1v) is 9.31. The van der Waals surface area contributed by atoms with Crippen LogP contribution in [0.1, 0.15) is 18.4 Å². The summed E-state index contributed by atoms with van der Waals surface area (Å²) in [5.74, 6) is 0.0183. The van der Waals surface area contributed by atoms with Crippen LogP contribution in [0.4, 0.5) is 18.9 Å². The molecule has 27 heavy (non-hydrogen) atoms. The molecule has 1 amide bonds. The molecule has 1 aromatic rings. The molecule has 5 nitrogen and oxygen atoms in total. The smallest absolute Gasteiger partial charge is 0.375 e. The first kappa shape index (κ1) is 19.9. The van der Waals surface area contributed by atoms with E-state index in [4.69, 9.17) is 4.74 Å². The number of piperazine rings is 1. The molecule has 0 aromatic heterocycles. The number of hydrogen-bond acceptors (Lipinski definition) is 4. The lowest BCUT2D eigenvalue weighted by atomic mass is 10.0. The number of carbonyl (C=O) groups is 1. The molecule has 1 aromatic carbocycles. The minimum atomic E-state index is -4.32. The predicted octanol–water partition coefficient (Wildman–Crippen LogP) is 2.46. The summed E-state index contributed by atoms with van der Waals surface area (Å²) in [5.41, 5.74) is 0.00651. The molecular formula is C19H26F3N3O2. The van der Waals surface area contributed by atoms with Gasteiger partial charge in [-0.1, -0.05) is 6.07 Å². The van der Waals surface area contributed by atoms with Crippen molar-refractivity contribution in [1.82, 2.24) is 9.80 Å². The highest BCUT2D eigenvalue weighted by atomic mass is 19.4. The highest BCUT2D eigenvalue weighted by Gasteiger charge is 2.32. The van der Waals surface area contributed by atoms with E-state index < -0.39 is 11.7 Å². The number of hydrogen-bond donors (Lipinski definition) is 0. The van der Waals surface area contributed by atoms with Gasteiger partial charge in [0.25, 0.3) is 0 Å². The summed E-state index contributed by atoms with van der Waals surface area (Å²) in [4.78, 5) is 18.3. The molecule has 0 radical (unpaired) electrons. The molecule has 1 unspecified atom stereocenters. The van der Waals surface area contributed by atoms with Gasteiger partial charge < -0.3 is 14.5 Å². The van der Waals surface area contributed by atoms with Crippen LogP contribution in [0.2, 0.25) is 0 Å². The lowest BCUT2D eigenvalue weighted by Crippen LogP contribution is -2.56. The predicted molar refractivity (Wildman–Crippen MR) is 96.7 cm³/mol. The Balaban J connectivity index is 1.57. The SMILES string of the molecule is COCC(=O)N1CCCC(N2CCN(c3cccc(C(F)(F)F)c3)CC2)C1. The van der Waals surface area contributed by atoms with E-state index in [9.17, 15) is 18.0 Å². The number of likely N-dealkylation sites (tertiary alicyclic amines) is 1. The van der Waals surface area contributed by atoms with E-state index in [0.29, 0.717) is 31.4 Å². The van der Waals surface area contributed by atoms with Gasteiger partial charge in [0.15, 0.2) is 0 Å². The van der Waals surface area contributed by atoms with Gasteiger partial charge in [-0.05, 0) is 31.0 Å². The van der Waals surface area contributed by atoms with Gasteiger partial charge in [-0.3, -0.25) is 9.69 Å². The topological polar surface area (TPSA) is 36.0 Å². The molecule has 1 atom stereocenters. The lowest BCUT2D eigenvalue weighted by Gasteiger charge is -2.44. The molecule has 0 spiro atoms. The van der Waals surface area contributed by atoms with Crippen molar-refractivity contribution in [2.24, 2.45) is 0 Å². The van der Waals surface area contributed by atoms with E-state index in [1.54, 1.807) is 6.07 Å². The molecule has 0 saturated carbocycles. The third-order valence-electron chi connectivity index (χ3n) is 5.39. The van der Waals surface area contributed by atoms with Crippen molar-refractivity contribution in [3.63, 3.8) is 0 Å². The van der Waals surface area contributed by atoms with Gasteiger partial charge in [-0.15, -0.1) is 0 Å². The molecule has 0 bridgehead atoms. The summed E-state index contributed by atoms with van der Waals surface area (Å²) >= 11 is 0. The zero-order chi connectivity index (χ0) is 19.4. The number of carbonyl (C=O) groups excluding carboxylic acids is 1. The fraction of sp³-hybridized carbons (Fsp3) is 0.632. The van der Waals surface area contributed by atoms with Crippen molar-refractivity contribution in [3.05, 3.63) is 29.8 Å². The maximum atomic E-state index is 12.9. The van der Waals surface area contributed by atoms with E-state index in [0.717, 1.165) is 38.5 Å². The van der Waals surface area contributed by atoms with Crippen molar-refractivity contribution in [2.45, 2.75) is 25.1 Å². The average molecular weight is 385 g/mol. The number of benzene rings is 1. The average Bonchev–Trinajstić information content (AvgIpc) is 2.68. The van der Waals surface area contributed by atoms with Crippen LogP contribution in [-0.2, 0) is 15.7 Å². The van der Waals surface area contributed by atoms with Crippen LogP contribution in [0.25, 0.3) is 0 Å². The van der Waals surface area contributed by atoms with Crippen molar-refractivity contribution >= 4 is 11.6 Å². The lowest BCUT2D eigenvalue weighted by molar-refractivity contribution is -0.138. The number of alkyl halides is 3. The van der Waals surface area contributed by atoms with E-state index in [-0.39, 0.29) is 12.5 Å². The number of nitrogens with zero attached hydrogens (tertiary/aromatic N) is 3. The van der Waals surface area contributed by atoms with Crippen molar-refractivity contribution < 1.29 is 22.7 Å². The fourth-order valence-corrected chi connectivity index (χ4v) is 3.92. The number of methoxy groups -OCH3 is 1. The summed E-state index contributed by atoms with van der Waals surface area (Å²) < 4.78 is 43.7. The van der Waals surface area contributed by atoms with E-state index in [2.05, 4.69) is 4.90 Å². The van der Waals surface area contributed by atoms with Gasteiger partial charge in [0, 0.05) is 58.1 Å². The Morgan fingerprint density at radius 1 is 1.19 bits per heavy atom. The zero-order valence-electron chi connectivity index (χ0n) is 15.5. The number of ether oxygens (including phenoxy) is 1. The highest BCUT2D eigenvalue weighted by molar-refractivity contribution is 5.77. The Morgan fingerprint density at radius 2 is 1.93 bits per heavy atom. The standard InChI is InChI=1S/C19H26F3N3O2/c1-27-14-18(26)25-7-3-6-17(13-25)24-10-8-23(9-11-24)16-5-2-4-15(12-16)19(20,21)22/h2,4-5,12,17H,3,6-11,13-14H2,1H3. The third-order valence-corrected chi connectivity index (χ3v) is 5.39. The summed E-state index contributed by atoms with van der Waals surface area (Å²) in [5, 5.41) is 0. The summed E-state index contributed by atoms with van der Waals surface area (Å²) in [7, 11) is 1.52. The monoisotopic (exact) mass is 385 g/mol.